The van der Waals surface area contributed by atoms with Gasteiger partial charge in [0.2, 0.25) is 5.56 Å². The van der Waals surface area contributed by atoms with Crippen LogP contribution in [-0.2, 0) is 19.3 Å². The number of amides is 1. The highest BCUT2D eigenvalue weighted by molar-refractivity contribution is 5.92. The molecule has 0 aliphatic heterocycles. The van der Waals surface area contributed by atoms with Crippen molar-refractivity contribution in [3.63, 3.8) is 0 Å². The highest BCUT2D eigenvalue weighted by Gasteiger charge is 2.26. The molecule has 1 amide bonds. The first kappa shape index (κ1) is 32.0. The molecule has 40 heavy (non-hydrogen) atoms. The van der Waals surface area contributed by atoms with Crippen LogP contribution in [0.15, 0.2) is 59.4 Å². The Morgan fingerprint density at radius 2 is 1.75 bits per heavy atom. The molecule has 1 heterocycles. The minimum absolute atomic E-state index is 0.00156. The Hall–Kier alpha value is -4.24. The van der Waals surface area contributed by atoms with E-state index in [1.165, 1.54) is 47.0 Å². The maximum Gasteiger partial charge on any atom is 0.268 e. The second-order valence-electron chi connectivity index (χ2n) is 9.30. The van der Waals surface area contributed by atoms with Crippen LogP contribution < -0.4 is 16.2 Å². The second kappa shape index (κ2) is 16.0. The maximum atomic E-state index is 13.8. The number of nitrogens with one attached hydrogen (secondary N) is 3. The van der Waals surface area contributed by atoms with Gasteiger partial charge >= 0.3 is 0 Å². The molecule has 1 aliphatic carbocycles. The van der Waals surface area contributed by atoms with E-state index in [1.54, 1.807) is 0 Å². The van der Waals surface area contributed by atoms with Crippen molar-refractivity contribution in [2.75, 3.05) is 6.54 Å². The molecule has 2 aromatic carbocycles. The lowest BCUT2D eigenvalue weighted by molar-refractivity contribution is 0.0818. The molecule has 4 rings (SSSR count). The number of hydrogen-bond acceptors (Lipinski definition) is 4. The third kappa shape index (κ3) is 8.91. The average molecular weight is 548 g/mol. The number of aliphatic hydroxyl groups excluding tert-OH is 1. The predicted molar refractivity (Wildman–Crippen MR) is 154 cm³/mol. The molecule has 8 heteroatoms. The van der Waals surface area contributed by atoms with Crippen LogP contribution in [-0.4, -0.2) is 34.7 Å². The number of hydrogen-bond donors (Lipinski definition) is 4. The molecule has 210 valence electrons. The molecule has 0 bridgehead atoms. The predicted octanol–water partition coefficient (Wildman–Crippen LogP) is 4.08. The van der Waals surface area contributed by atoms with E-state index in [1.807, 2.05) is 0 Å². The van der Waals surface area contributed by atoms with Gasteiger partial charge in [-0.15, -0.1) is 25.7 Å². The first-order chi connectivity index (χ1) is 19.3. The van der Waals surface area contributed by atoms with Crippen LogP contribution in [0.25, 0.3) is 0 Å². The van der Waals surface area contributed by atoms with Gasteiger partial charge in [-0.05, 0) is 72.6 Å². The molecule has 3 aromatic rings. The highest BCUT2D eigenvalue weighted by Crippen LogP contribution is 2.30. The first-order valence-electron chi connectivity index (χ1n) is 13.0. The number of terminal acetylenes is 2. The summed E-state index contributed by atoms with van der Waals surface area (Å²) >= 11 is 0. The number of H-pyrrole nitrogens is 1. The molecule has 0 radical (unpaired) electrons. The minimum atomic E-state index is -1.06. The summed E-state index contributed by atoms with van der Waals surface area (Å²) in [7, 11) is 0. The maximum absolute atomic E-state index is 13.8. The zero-order valence-electron chi connectivity index (χ0n) is 22.5. The second-order valence-corrected chi connectivity index (χ2v) is 9.30. The van der Waals surface area contributed by atoms with E-state index in [0.717, 1.165) is 31.7 Å². The van der Waals surface area contributed by atoms with Crippen LogP contribution in [0.3, 0.4) is 0 Å². The molecule has 0 saturated carbocycles. The summed E-state index contributed by atoms with van der Waals surface area (Å²) < 4.78 is 27.6. The molecule has 4 N–H and O–H groups in total. The van der Waals surface area contributed by atoms with Gasteiger partial charge in [-0.3, -0.25) is 9.59 Å². The number of carbonyl (C=O) groups is 1. The summed E-state index contributed by atoms with van der Waals surface area (Å²) in [6.45, 7) is 2.27. The van der Waals surface area contributed by atoms with E-state index >= 15 is 0 Å². The molecule has 0 saturated heterocycles. The Morgan fingerprint density at radius 1 is 1.05 bits per heavy atom. The van der Waals surface area contributed by atoms with Crippen LogP contribution >= 0.6 is 0 Å². The van der Waals surface area contributed by atoms with E-state index in [2.05, 4.69) is 66.4 Å². The van der Waals surface area contributed by atoms with E-state index in [-0.39, 0.29) is 24.7 Å². The largest absolute Gasteiger partial charge is 0.390 e. The molecule has 0 spiro atoms. The third-order valence-electron chi connectivity index (χ3n) is 6.68. The van der Waals surface area contributed by atoms with Crippen molar-refractivity contribution >= 4 is 5.91 Å². The molecule has 3 atom stereocenters. The zero-order chi connectivity index (χ0) is 29.7. The van der Waals surface area contributed by atoms with Gasteiger partial charge in [0.1, 0.15) is 17.3 Å². The number of rotatable bonds is 9. The van der Waals surface area contributed by atoms with Crippen LogP contribution in [0.4, 0.5) is 8.78 Å². The number of aryl methyl sites for hydroxylation is 2. The van der Waals surface area contributed by atoms with Gasteiger partial charge in [0.15, 0.2) is 0 Å². The SMILES string of the molecule is C#C.C#C.CCc1ccc2c(c1)[C@@H](NC[C@@H](O)[C@H](Cc1cc(F)cc(F)c1)NC(=O)c1cccc(=O)[nH]1)CCC2. The molecule has 0 unspecified atom stereocenters. The van der Waals surface area contributed by atoms with Crippen molar-refractivity contribution in [1.29, 1.82) is 0 Å². The zero-order valence-corrected chi connectivity index (χ0v) is 22.5. The van der Waals surface area contributed by atoms with Gasteiger partial charge in [0, 0.05) is 24.7 Å². The van der Waals surface area contributed by atoms with Gasteiger partial charge in [0.05, 0.1) is 12.1 Å². The number of aromatic nitrogens is 1. The fourth-order valence-corrected chi connectivity index (χ4v) is 4.78. The topological polar surface area (TPSA) is 94.2 Å². The van der Waals surface area contributed by atoms with Gasteiger partial charge < -0.3 is 20.7 Å². The van der Waals surface area contributed by atoms with Crippen LogP contribution in [0, 0.1) is 37.3 Å². The lowest BCUT2D eigenvalue weighted by Crippen LogP contribution is -2.49. The van der Waals surface area contributed by atoms with Crippen molar-refractivity contribution in [3.05, 3.63) is 105 Å². The Balaban J connectivity index is 0.00000134. The van der Waals surface area contributed by atoms with Gasteiger partial charge in [0.25, 0.3) is 5.91 Å². The summed E-state index contributed by atoms with van der Waals surface area (Å²) in [4.78, 5) is 26.9. The quantitative estimate of drug-likeness (QED) is 0.304. The van der Waals surface area contributed by atoms with Crippen molar-refractivity contribution in [1.82, 2.24) is 15.6 Å². The molecule has 1 aromatic heterocycles. The van der Waals surface area contributed by atoms with Crippen LogP contribution in [0.2, 0.25) is 0 Å². The van der Waals surface area contributed by atoms with E-state index in [4.69, 9.17) is 0 Å². The Kier molecular flexibility index (Phi) is 12.8. The molecular formula is C32H35F2N3O3. The van der Waals surface area contributed by atoms with Gasteiger partial charge in [-0.2, -0.15) is 0 Å². The molecule has 6 nitrogen and oxygen atoms in total. The van der Waals surface area contributed by atoms with E-state index < -0.39 is 35.2 Å². The minimum Gasteiger partial charge on any atom is -0.390 e. The molecule has 1 aliphatic rings. The number of carbonyl (C=O) groups excluding carboxylic acids is 1. The van der Waals surface area contributed by atoms with Crippen LogP contribution in [0.1, 0.15) is 58.5 Å². The average Bonchev–Trinajstić information content (AvgIpc) is 2.96. The number of aliphatic hydroxyl groups is 1. The third-order valence-corrected chi connectivity index (χ3v) is 6.68. The number of aromatic amines is 1. The Morgan fingerprint density at radius 3 is 2.40 bits per heavy atom. The summed E-state index contributed by atoms with van der Waals surface area (Å²) in [6.07, 6.45) is 18.8. The van der Waals surface area contributed by atoms with Crippen molar-refractivity contribution < 1.29 is 18.7 Å². The monoisotopic (exact) mass is 547 g/mol. The molecular weight excluding hydrogens is 512 g/mol. The number of pyridine rings is 1. The number of benzene rings is 2. The summed E-state index contributed by atoms with van der Waals surface area (Å²) in [5, 5.41) is 17.3. The lowest BCUT2D eigenvalue weighted by atomic mass is 9.86. The lowest BCUT2D eigenvalue weighted by Gasteiger charge is -2.30. The highest BCUT2D eigenvalue weighted by atomic mass is 19.1. The number of fused-ring (bicyclic) bond motifs is 1. The van der Waals surface area contributed by atoms with Crippen molar-refractivity contribution in [2.24, 2.45) is 0 Å². The Bertz CT molecular complexity index is 1340. The van der Waals surface area contributed by atoms with Crippen molar-refractivity contribution in [3.8, 4) is 25.7 Å². The Labute approximate surface area is 234 Å². The fraction of sp³-hybridized carbons (Fsp3) is 0.312. The standard InChI is InChI=1S/C28H31F2N3O3.2C2H2/c1-2-17-9-10-19-5-3-6-23(22(19)13-17)31-16-26(34)25(14-18-11-20(29)15-21(30)12-18)33-28(36)24-7-4-8-27(35)32-24;2*1-2/h4,7-13,15,23,25-26,31,34H,2-3,5-6,14,16H2,1H3,(H,32,35)(H,33,36);2*1-2H/t23-,25-,26+;;/m0../s1. The molecule has 0 fully saturated rings. The smallest absolute Gasteiger partial charge is 0.268 e. The van der Waals surface area contributed by atoms with Gasteiger partial charge in [-0.25, -0.2) is 8.78 Å². The van der Waals surface area contributed by atoms with Crippen molar-refractivity contribution in [2.45, 2.75) is 57.2 Å². The van der Waals surface area contributed by atoms with Gasteiger partial charge in [-0.1, -0.05) is 31.2 Å². The van der Waals surface area contributed by atoms with E-state index in [9.17, 15) is 23.5 Å². The first-order valence-corrected chi connectivity index (χ1v) is 13.0. The normalized spacial score (nSPS) is 15.2. The summed E-state index contributed by atoms with van der Waals surface area (Å²) in [5.74, 6) is -2.06. The number of halogens is 2. The summed E-state index contributed by atoms with van der Waals surface area (Å²) in [6, 6.07) is 13.0. The summed E-state index contributed by atoms with van der Waals surface area (Å²) in [5.41, 5.74) is 3.66. The van der Waals surface area contributed by atoms with E-state index in [0.29, 0.717) is 5.56 Å². The fourth-order valence-electron chi connectivity index (χ4n) is 4.78. The van der Waals surface area contributed by atoms with Crippen LogP contribution in [0.5, 0.6) is 0 Å².